The van der Waals surface area contributed by atoms with Crippen molar-refractivity contribution in [3.63, 3.8) is 0 Å². The van der Waals surface area contributed by atoms with Crippen molar-refractivity contribution in [1.29, 1.82) is 0 Å². The molecule has 2 N–H and O–H groups in total. The summed E-state index contributed by atoms with van der Waals surface area (Å²) in [5.74, 6) is 2.60. The molecule has 0 saturated carbocycles. The number of hydrogen-bond acceptors (Lipinski definition) is 7. The highest BCUT2D eigenvalue weighted by molar-refractivity contribution is 7.99. The molecule has 1 aliphatic heterocycles. The number of fused-ring (bicyclic) bond motifs is 1. The highest BCUT2D eigenvalue weighted by Crippen LogP contribution is 2.34. The Balaban J connectivity index is 1.23. The van der Waals surface area contributed by atoms with Crippen molar-refractivity contribution in [3.05, 3.63) is 84.2 Å². The fraction of sp³-hybridized carbons (Fsp3) is 0.192. The second-order valence-corrected chi connectivity index (χ2v) is 9.07. The van der Waals surface area contributed by atoms with E-state index in [-0.39, 0.29) is 12.7 Å². The van der Waals surface area contributed by atoms with E-state index in [4.69, 9.17) is 9.47 Å². The maximum Gasteiger partial charge on any atom is 0.231 e. The standard InChI is InChI=1S/C26H25N5O3S/c1-18-6-5-7-19(14-18)27-16-24-29-30-26(31(24)21-8-3-2-4-9-21)35-13-12-25(32)28-20-10-11-22-23(15-20)34-17-33-22/h2-11,14-15,27H,12-13,16-17H2,1H3,(H,28,32). The third-order valence-electron chi connectivity index (χ3n) is 5.40. The van der Waals surface area contributed by atoms with Crippen LogP contribution in [0.3, 0.4) is 0 Å². The average molecular weight is 488 g/mol. The van der Waals surface area contributed by atoms with Crippen LogP contribution < -0.4 is 20.1 Å². The van der Waals surface area contributed by atoms with Crippen LogP contribution in [0.4, 0.5) is 11.4 Å². The molecule has 0 radical (unpaired) electrons. The Morgan fingerprint density at radius 3 is 2.69 bits per heavy atom. The Bertz CT molecular complexity index is 1330. The molecule has 0 unspecified atom stereocenters. The second-order valence-electron chi connectivity index (χ2n) is 8.01. The predicted molar refractivity (Wildman–Crippen MR) is 136 cm³/mol. The molecule has 2 heterocycles. The number of aromatic nitrogens is 3. The van der Waals surface area contributed by atoms with E-state index in [9.17, 15) is 4.79 Å². The lowest BCUT2D eigenvalue weighted by molar-refractivity contribution is -0.115. The van der Waals surface area contributed by atoms with E-state index in [0.29, 0.717) is 35.9 Å². The molecule has 0 spiro atoms. The van der Waals surface area contributed by atoms with E-state index in [1.54, 1.807) is 18.2 Å². The van der Waals surface area contributed by atoms with Gasteiger partial charge in [0.15, 0.2) is 22.5 Å². The average Bonchev–Trinajstić information content (AvgIpc) is 3.50. The SMILES string of the molecule is Cc1cccc(NCc2nnc(SCCC(=O)Nc3ccc4c(c3)OCO4)n2-c2ccccc2)c1. The van der Waals surface area contributed by atoms with Gasteiger partial charge < -0.3 is 20.1 Å². The third-order valence-corrected chi connectivity index (χ3v) is 6.33. The molecule has 1 aliphatic rings. The molecule has 8 nitrogen and oxygen atoms in total. The van der Waals surface area contributed by atoms with Crippen LogP contribution in [-0.2, 0) is 11.3 Å². The summed E-state index contributed by atoms with van der Waals surface area (Å²) in [6, 6.07) is 23.6. The van der Waals surface area contributed by atoms with Gasteiger partial charge in [0, 0.05) is 35.3 Å². The Morgan fingerprint density at radius 2 is 1.83 bits per heavy atom. The van der Waals surface area contributed by atoms with Gasteiger partial charge in [0.05, 0.1) is 6.54 Å². The van der Waals surface area contributed by atoms with Crippen LogP contribution in [0.2, 0.25) is 0 Å². The van der Waals surface area contributed by atoms with E-state index in [1.165, 1.54) is 17.3 Å². The lowest BCUT2D eigenvalue weighted by Crippen LogP contribution is -2.12. The highest BCUT2D eigenvalue weighted by atomic mass is 32.2. The van der Waals surface area contributed by atoms with E-state index in [2.05, 4.69) is 39.9 Å². The number of hydrogen-bond donors (Lipinski definition) is 2. The summed E-state index contributed by atoms with van der Waals surface area (Å²) in [6.07, 6.45) is 0.331. The molecule has 0 atom stereocenters. The van der Waals surface area contributed by atoms with E-state index < -0.39 is 0 Å². The van der Waals surface area contributed by atoms with Crippen LogP contribution in [0.1, 0.15) is 17.8 Å². The van der Waals surface area contributed by atoms with Gasteiger partial charge in [-0.2, -0.15) is 0 Å². The summed E-state index contributed by atoms with van der Waals surface area (Å²) < 4.78 is 12.7. The molecule has 1 amide bonds. The minimum Gasteiger partial charge on any atom is -0.454 e. The Morgan fingerprint density at radius 1 is 0.971 bits per heavy atom. The Labute approximate surface area is 207 Å². The summed E-state index contributed by atoms with van der Waals surface area (Å²) in [5, 5.41) is 15.9. The van der Waals surface area contributed by atoms with Gasteiger partial charge in [-0.3, -0.25) is 9.36 Å². The zero-order chi connectivity index (χ0) is 24.0. The van der Waals surface area contributed by atoms with Crippen molar-refractivity contribution >= 4 is 29.0 Å². The number of carbonyl (C=O) groups excluding carboxylic acids is 1. The molecular weight excluding hydrogens is 462 g/mol. The Kier molecular flexibility index (Phi) is 6.85. The fourth-order valence-corrected chi connectivity index (χ4v) is 4.62. The second kappa shape index (κ2) is 10.5. The predicted octanol–water partition coefficient (Wildman–Crippen LogP) is 5.04. The molecule has 4 aromatic rings. The number of para-hydroxylation sites is 1. The smallest absolute Gasteiger partial charge is 0.231 e. The van der Waals surface area contributed by atoms with Crippen molar-refractivity contribution in [2.24, 2.45) is 0 Å². The van der Waals surface area contributed by atoms with Gasteiger partial charge in [-0.15, -0.1) is 10.2 Å². The number of nitrogens with one attached hydrogen (secondary N) is 2. The van der Waals surface area contributed by atoms with Crippen LogP contribution in [0.25, 0.3) is 5.69 Å². The van der Waals surface area contributed by atoms with Gasteiger partial charge in [-0.25, -0.2) is 0 Å². The highest BCUT2D eigenvalue weighted by Gasteiger charge is 2.16. The topological polar surface area (TPSA) is 90.3 Å². The normalized spacial score (nSPS) is 11.9. The van der Waals surface area contributed by atoms with E-state index in [0.717, 1.165) is 22.4 Å². The maximum atomic E-state index is 12.5. The Hall–Kier alpha value is -3.98. The molecule has 0 saturated heterocycles. The monoisotopic (exact) mass is 487 g/mol. The van der Waals surface area contributed by atoms with Crippen molar-refractivity contribution in [3.8, 4) is 17.2 Å². The number of amides is 1. The molecule has 35 heavy (non-hydrogen) atoms. The van der Waals surface area contributed by atoms with Gasteiger partial charge in [0.2, 0.25) is 12.7 Å². The van der Waals surface area contributed by atoms with E-state index >= 15 is 0 Å². The van der Waals surface area contributed by atoms with Crippen molar-refractivity contribution in [1.82, 2.24) is 14.8 Å². The zero-order valence-corrected chi connectivity index (χ0v) is 20.0. The summed E-state index contributed by atoms with van der Waals surface area (Å²) in [6.45, 7) is 2.79. The van der Waals surface area contributed by atoms with Crippen LogP contribution >= 0.6 is 11.8 Å². The molecular formula is C26H25N5O3S. The lowest BCUT2D eigenvalue weighted by Gasteiger charge is -2.12. The molecule has 5 rings (SSSR count). The number of thioether (sulfide) groups is 1. The molecule has 1 aromatic heterocycles. The van der Waals surface area contributed by atoms with Gasteiger partial charge >= 0.3 is 0 Å². The van der Waals surface area contributed by atoms with Crippen LogP contribution in [0.15, 0.2) is 78.0 Å². The molecule has 9 heteroatoms. The van der Waals surface area contributed by atoms with Crippen LogP contribution in [-0.4, -0.2) is 33.2 Å². The first kappa shape index (κ1) is 22.8. The first-order valence-corrected chi connectivity index (χ1v) is 12.3. The molecule has 0 bridgehead atoms. The number of benzene rings is 3. The van der Waals surface area contributed by atoms with Gasteiger partial charge in [-0.05, 0) is 48.9 Å². The molecule has 0 aliphatic carbocycles. The van der Waals surface area contributed by atoms with E-state index in [1.807, 2.05) is 47.0 Å². The quantitative estimate of drug-likeness (QED) is 0.320. The van der Waals surface area contributed by atoms with Crippen molar-refractivity contribution in [2.45, 2.75) is 25.0 Å². The first-order valence-electron chi connectivity index (χ1n) is 11.3. The van der Waals surface area contributed by atoms with Gasteiger partial charge in [-0.1, -0.05) is 42.1 Å². The van der Waals surface area contributed by atoms with Crippen molar-refractivity contribution < 1.29 is 14.3 Å². The van der Waals surface area contributed by atoms with Crippen LogP contribution in [0, 0.1) is 6.92 Å². The van der Waals surface area contributed by atoms with Crippen molar-refractivity contribution in [2.75, 3.05) is 23.2 Å². The molecule has 0 fully saturated rings. The number of aryl methyl sites for hydroxylation is 1. The number of carbonyl (C=O) groups is 1. The molecule has 178 valence electrons. The molecule has 3 aromatic carbocycles. The largest absolute Gasteiger partial charge is 0.454 e. The number of nitrogens with zero attached hydrogens (tertiary/aromatic N) is 3. The summed E-state index contributed by atoms with van der Waals surface area (Å²) >= 11 is 1.50. The fourth-order valence-electron chi connectivity index (χ4n) is 3.71. The van der Waals surface area contributed by atoms with Gasteiger partial charge in [0.1, 0.15) is 0 Å². The first-order chi connectivity index (χ1) is 17.2. The lowest BCUT2D eigenvalue weighted by atomic mass is 10.2. The number of ether oxygens (including phenoxy) is 2. The number of anilines is 2. The summed E-state index contributed by atoms with van der Waals surface area (Å²) in [7, 11) is 0. The number of rotatable bonds is 9. The van der Waals surface area contributed by atoms with Crippen LogP contribution in [0.5, 0.6) is 11.5 Å². The third kappa shape index (κ3) is 5.58. The minimum absolute atomic E-state index is 0.0801. The zero-order valence-electron chi connectivity index (χ0n) is 19.2. The summed E-state index contributed by atoms with van der Waals surface area (Å²) in [4.78, 5) is 12.5. The maximum absolute atomic E-state index is 12.5. The minimum atomic E-state index is -0.0801. The van der Waals surface area contributed by atoms with Gasteiger partial charge in [0.25, 0.3) is 0 Å². The summed E-state index contributed by atoms with van der Waals surface area (Å²) in [5.41, 5.74) is 3.88.